The first-order valence-corrected chi connectivity index (χ1v) is 7.64. The lowest BCUT2D eigenvalue weighted by Gasteiger charge is -2.42. The first-order chi connectivity index (χ1) is 7.37. The van der Waals surface area contributed by atoms with Crippen LogP contribution in [0.3, 0.4) is 0 Å². The second-order valence-electron chi connectivity index (χ2n) is 4.43. The molecule has 1 rings (SSSR count). The van der Waals surface area contributed by atoms with Crippen molar-refractivity contribution in [3.8, 4) is 0 Å². The largest absolute Gasteiger partial charge is 0.392 e. The van der Waals surface area contributed by atoms with Crippen LogP contribution in [0.1, 0.15) is 46.0 Å². The van der Waals surface area contributed by atoms with Crippen molar-refractivity contribution in [1.29, 1.82) is 0 Å². The Morgan fingerprint density at radius 3 is 2.31 bits per heavy atom. The maximum Gasteiger partial charge on any atom is 0.221 e. The third-order valence-corrected chi connectivity index (χ3v) is 5.90. The second-order valence-corrected chi connectivity index (χ2v) is 6.77. The molecule has 1 fully saturated rings. The molecule has 1 aliphatic rings. The Hall–Kier alpha value is -0.200. The van der Waals surface area contributed by atoms with E-state index in [1.165, 1.54) is 0 Å². The Labute approximate surface area is 103 Å². The minimum Gasteiger partial charge on any atom is -0.392 e. The van der Waals surface area contributed by atoms with Crippen LogP contribution in [-0.2, 0) is 10.0 Å². The molecule has 3 N–H and O–H groups in total. The van der Waals surface area contributed by atoms with Crippen molar-refractivity contribution in [1.82, 2.24) is 4.72 Å². The van der Waals surface area contributed by atoms with Crippen molar-refractivity contribution in [2.24, 2.45) is 5.73 Å². The Balaban J connectivity index is 2.81. The third kappa shape index (κ3) is 2.73. The molecule has 4 nitrogen and oxygen atoms in total. The highest BCUT2D eigenvalue weighted by atomic mass is 32.2. The first kappa shape index (κ1) is 13.9. The Kier molecular flexibility index (Phi) is 4.31. The summed E-state index contributed by atoms with van der Waals surface area (Å²) in [5, 5.41) is -0.744. The standard InChI is InChI=1S/C10H20N2O2S2/c1-3-8(9(11)15)16(13,14)12-10(4-2)6-5-7-10/h8,12H,3-7H2,1-2H3,(H2,11,15). The molecule has 1 saturated carbocycles. The Bertz CT molecular complexity index is 356. The second kappa shape index (κ2) is 4.98. The zero-order valence-corrected chi connectivity index (χ0v) is 11.5. The van der Waals surface area contributed by atoms with Gasteiger partial charge in [0.2, 0.25) is 10.0 Å². The normalized spacial score (nSPS) is 21.1. The van der Waals surface area contributed by atoms with Gasteiger partial charge in [0.1, 0.15) is 5.25 Å². The van der Waals surface area contributed by atoms with Crippen LogP contribution in [0.15, 0.2) is 0 Å². The van der Waals surface area contributed by atoms with Gasteiger partial charge in [-0.2, -0.15) is 0 Å². The molecule has 0 heterocycles. The van der Waals surface area contributed by atoms with Crippen molar-refractivity contribution in [2.75, 3.05) is 0 Å². The maximum atomic E-state index is 12.1. The van der Waals surface area contributed by atoms with E-state index in [1.807, 2.05) is 6.92 Å². The summed E-state index contributed by atoms with van der Waals surface area (Å²) in [6, 6.07) is 0. The van der Waals surface area contributed by atoms with Crippen LogP contribution in [-0.4, -0.2) is 24.2 Å². The van der Waals surface area contributed by atoms with Gasteiger partial charge in [-0.25, -0.2) is 13.1 Å². The van der Waals surface area contributed by atoms with Crippen LogP contribution in [0.4, 0.5) is 0 Å². The van der Waals surface area contributed by atoms with Crippen LogP contribution >= 0.6 is 12.2 Å². The van der Waals surface area contributed by atoms with Gasteiger partial charge in [-0.3, -0.25) is 0 Å². The van der Waals surface area contributed by atoms with Crippen LogP contribution in [0.25, 0.3) is 0 Å². The molecule has 0 radical (unpaired) electrons. The van der Waals surface area contributed by atoms with Gasteiger partial charge in [-0.05, 0) is 32.1 Å². The summed E-state index contributed by atoms with van der Waals surface area (Å²) in [5.41, 5.74) is 5.23. The highest BCUT2D eigenvalue weighted by molar-refractivity contribution is 7.93. The number of hydrogen-bond donors (Lipinski definition) is 2. The van der Waals surface area contributed by atoms with Crippen molar-refractivity contribution in [2.45, 2.75) is 56.7 Å². The molecule has 0 bridgehead atoms. The number of nitrogens with two attached hydrogens (primary N) is 1. The molecule has 16 heavy (non-hydrogen) atoms. The number of sulfonamides is 1. The van der Waals surface area contributed by atoms with E-state index < -0.39 is 15.3 Å². The molecule has 6 heteroatoms. The summed E-state index contributed by atoms with van der Waals surface area (Å²) in [7, 11) is -3.42. The van der Waals surface area contributed by atoms with Crippen molar-refractivity contribution < 1.29 is 8.42 Å². The fourth-order valence-corrected chi connectivity index (χ4v) is 4.46. The van der Waals surface area contributed by atoms with Crippen LogP contribution < -0.4 is 10.5 Å². The summed E-state index contributed by atoms with van der Waals surface area (Å²) in [4.78, 5) is 0.0561. The number of nitrogens with one attached hydrogen (secondary N) is 1. The van der Waals surface area contributed by atoms with E-state index in [2.05, 4.69) is 4.72 Å². The molecule has 0 aliphatic heterocycles. The fraction of sp³-hybridized carbons (Fsp3) is 0.900. The predicted octanol–water partition coefficient (Wildman–Crippen LogP) is 1.30. The maximum absolute atomic E-state index is 12.1. The van der Waals surface area contributed by atoms with Gasteiger partial charge in [0.05, 0.1) is 4.99 Å². The van der Waals surface area contributed by atoms with Crippen molar-refractivity contribution >= 4 is 27.2 Å². The Morgan fingerprint density at radius 2 is 2.06 bits per heavy atom. The summed E-state index contributed by atoms with van der Waals surface area (Å²) in [6.07, 6.45) is 4.15. The summed E-state index contributed by atoms with van der Waals surface area (Å²) >= 11 is 4.80. The lowest BCUT2D eigenvalue weighted by atomic mass is 9.76. The quantitative estimate of drug-likeness (QED) is 0.709. The summed E-state index contributed by atoms with van der Waals surface area (Å²) < 4.78 is 27.0. The van der Waals surface area contributed by atoms with Gasteiger partial charge in [-0.15, -0.1) is 0 Å². The van der Waals surface area contributed by atoms with Gasteiger partial charge in [0, 0.05) is 5.54 Å². The van der Waals surface area contributed by atoms with Gasteiger partial charge in [0.15, 0.2) is 0 Å². The number of rotatable bonds is 6. The van der Waals surface area contributed by atoms with E-state index in [1.54, 1.807) is 6.92 Å². The average molecular weight is 264 g/mol. The van der Waals surface area contributed by atoms with E-state index in [-0.39, 0.29) is 10.5 Å². The highest BCUT2D eigenvalue weighted by Crippen LogP contribution is 2.35. The molecule has 0 amide bonds. The third-order valence-electron chi connectivity index (χ3n) is 3.41. The van der Waals surface area contributed by atoms with E-state index in [4.69, 9.17) is 18.0 Å². The molecule has 0 aromatic heterocycles. The monoisotopic (exact) mass is 264 g/mol. The average Bonchev–Trinajstić information content (AvgIpc) is 2.11. The number of hydrogen-bond acceptors (Lipinski definition) is 3. The number of thiocarbonyl (C=S) groups is 1. The molecule has 0 aromatic carbocycles. The molecule has 0 saturated heterocycles. The van der Waals surface area contributed by atoms with E-state index in [0.717, 1.165) is 25.7 Å². The van der Waals surface area contributed by atoms with Crippen molar-refractivity contribution in [3.05, 3.63) is 0 Å². The van der Waals surface area contributed by atoms with Gasteiger partial charge in [-0.1, -0.05) is 26.1 Å². The van der Waals surface area contributed by atoms with Crippen molar-refractivity contribution in [3.63, 3.8) is 0 Å². The van der Waals surface area contributed by atoms with E-state index >= 15 is 0 Å². The highest BCUT2D eigenvalue weighted by Gasteiger charge is 2.41. The topological polar surface area (TPSA) is 72.2 Å². The van der Waals surface area contributed by atoms with E-state index in [0.29, 0.717) is 6.42 Å². The van der Waals surface area contributed by atoms with Crippen LogP contribution in [0, 0.1) is 0 Å². The minimum atomic E-state index is -3.42. The fourth-order valence-electron chi connectivity index (χ4n) is 2.08. The molecule has 0 aromatic rings. The lowest BCUT2D eigenvalue weighted by Crippen LogP contribution is -2.56. The molecule has 0 spiro atoms. The van der Waals surface area contributed by atoms with Crippen LogP contribution in [0.5, 0.6) is 0 Å². The van der Waals surface area contributed by atoms with Gasteiger partial charge >= 0.3 is 0 Å². The van der Waals surface area contributed by atoms with E-state index in [9.17, 15) is 8.42 Å². The molecular formula is C10H20N2O2S2. The molecule has 94 valence electrons. The predicted molar refractivity (Wildman–Crippen MR) is 69.8 cm³/mol. The summed E-state index contributed by atoms with van der Waals surface area (Å²) in [6.45, 7) is 3.78. The zero-order valence-electron chi connectivity index (χ0n) is 9.82. The molecule has 1 aliphatic carbocycles. The first-order valence-electron chi connectivity index (χ1n) is 5.69. The minimum absolute atomic E-state index is 0.0561. The Morgan fingerprint density at radius 1 is 1.50 bits per heavy atom. The van der Waals surface area contributed by atoms with Gasteiger partial charge < -0.3 is 5.73 Å². The van der Waals surface area contributed by atoms with Gasteiger partial charge in [0.25, 0.3) is 0 Å². The van der Waals surface area contributed by atoms with Crippen LogP contribution in [0.2, 0.25) is 0 Å². The molecule has 1 atom stereocenters. The lowest BCUT2D eigenvalue weighted by molar-refractivity contribution is 0.213. The molecular weight excluding hydrogens is 244 g/mol. The smallest absolute Gasteiger partial charge is 0.221 e. The molecule has 1 unspecified atom stereocenters. The SMILES string of the molecule is CCC(C(N)=S)S(=O)(=O)NC1(CC)CCC1. The summed E-state index contributed by atoms with van der Waals surface area (Å²) in [5.74, 6) is 0. The zero-order chi connectivity index (χ0) is 12.4.